The maximum absolute atomic E-state index is 11.8. The molecule has 6 bridgehead atoms. The van der Waals surface area contributed by atoms with Crippen molar-refractivity contribution in [2.24, 2.45) is 0 Å². The maximum Gasteiger partial charge on any atom is 0.706 e. The summed E-state index contributed by atoms with van der Waals surface area (Å²) < 4.78 is 26.8. The highest BCUT2D eigenvalue weighted by Gasteiger charge is 2.47. The second-order valence-electron chi connectivity index (χ2n) is 3.29. The SMILES string of the molecule is O=c1c2c3[nH]c(=O)n2OP2(=O)On1c(=O)n3O2. The molecule has 2 aromatic heterocycles. The molecule has 0 spiro atoms. The number of H-pyrrole nitrogens is 1. The van der Waals surface area contributed by atoms with Gasteiger partial charge in [-0.25, -0.2) is 9.59 Å². The van der Waals surface area contributed by atoms with Crippen molar-refractivity contribution < 1.29 is 18.4 Å². The van der Waals surface area contributed by atoms with Crippen molar-refractivity contribution in [2.45, 2.75) is 0 Å². The summed E-state index contributed by atoms with van der Waals surface area (Å²) in [5.74, 6) is 0. The number of aromatic nitrogens is 4. The average Bonchev–Trinajstić information content (AvgIpc) is 2.46. The van der Waals surface area contributed by atoms with Gasteiger partial charge < -0.3 is 0 Å². The van der Waals surface area contributed by atoms with Crippen LogP contribution >= 0.6 is 7.82 Å². The van der Waals surface area contributed by atoms with Crippen molar-refractivity contribution in [1.29, 1.82) is 0 Å². The highest BCUT2D eigenvalue weighted by Crippen LogP contribution is 2.41. The summed E-state index contributed by atoms with van der Waals surface area (Å²) in [6, 6.07) is 0. The average molecular weight is 260 g/mol. The molecular weight excluding hydrogens is 259 g/mol. The van der Waals surface area contributed by atoms with E-state index in [1.54, 1.807) is 0 Å². The highest BCUT2D eigenvalue weighted by molar-refractivity contribution is 7.49. The Hall–Kier alpha value is -2.42. The van der Waals surface area contributed by atoms with Gasteiger partial charge in [0.2, 0.25) is 0 Å². The molecule has 1 atom stereocenters. The summed E-state index contributed by atoms with van der Waals surface area (Å²) in [5, 5.41) is 0. The van der Waals surface area contributed by atoms with Gasteiger partial charge in [-0.3, -0.25) is 23.7 Å². The molecule has 5 rings (SSSR count). The van der Waals surface area contributed by atoms with Crippen molar-refractivity contribution in [1.82, 2.24) is 19.2 Å². The third-order valence-corrected chi connectivity index (χ3v) is 3.41. The van der Waals surface area contributed by atoms with Crippen molar-refractivity contribution in [3.05, 3.63) is 31.3 Å². The van der Waals surface area contributed by atoms with Gasteiger partial charge in [0.1, 0.15) is 0 Å². The molecule has 3 aliphatic heterocycles. The van der Waals surface area contributed by atoms with Gasteiger partial charge >= 0.3 is 24.8 Å². The molecule has 12 heteroatoms. The van der Waals surface area contributed by atoms with Crippen LogP contribution in [-0.4, -0.2) is 19.2 Å². The van der Waals surface area contributed by atoms with Crippen molar-refractivity contribution >= 4 is 19.0 Å². The summed E-state index contributed by atoms with van der Waals surface area (Å²) in [6.45, 7) is 0. The first-order valence-corrected chi connectivity index (χ1v) is 5.69. The molecule has 0 saturated heterocycles. The largest absolute Gasteiger partial charge is 0.706 e. The van der Waals surface area contributed by atoms with Crippen molar-refractivity contribution in [3.63, 3.8) is 0 Å². The summed E-state index contributed by atoms with van der Waals surface area (Å²) in [7, 11) is -4.24. The Bertz CT molecular complexity index is 911. The van der Waals surface area contributed by atoms with Crippen LogP contribution in [-0.2, 0) is 4.57 Å². The number of nitrogens with one attached hydrogen (secondary N) is 1. The van der Waals surface area contributed by atoms with E-state index in [-0.39, 0.29) is 15.9 Å². The van der Waals surface area contributed by atoms with Gasteiger partial charge in [-0.15, -0.1) is 4.73 Å². The maximum atomic E-state index is 11.8. The quantitative estimate of drug-likeness (QED) is 0.502. The minimum atomic E-state index is -4.24. The first-order valence-electron chi connectivity index (χ1n) is 4.23. The summed E-state index contributed by atoms with van der Waals surface area (Å²) >= 11 is 0. The predicted molar refractivity (Wildman–Crippen MR) is 48.4 cm³/mol. The van der Waals surface area contributed by atoms with E-state index in [1.807, 2.05) is 0 Å². The van der Waals surface area contributed by atoms with E-state index in [0.717, 1.165) is 0 Å². The van der Waals surface area contributed by atoms with E-state index in [0.29, 0.717) is 9.46 Å². The van der Waals surface area contributed by atoms with Crippen LogP contribution in [0.3, 0.4) is 0 Å². The molecule has 0 amide bonds. The lowest BCUT2D eigenvalue weighted by Gasteiger charge is -2.19. The zero-order chi connectivity index (χ0) is 11.9. The Kier molecular flexibility index (Phi) is 1.10. The number of phosphoric acid groups is 1. The lowest BCUT2D eigenvalue weighted by molar-refractivity contribution is 0.0544. The minimum absolute atomic E-state index is 0.226. The monoisotopic (exact) mass is 260 g/mol. The zero-order valence-corrected chi connectivity index (χ0v) is 8.54. The molecular formula is C5HN4O7P. The van der Waals surface area contributed by atoms with E-state index in [4.69, 9.17) is 0 Å². The molecule has 17 heavy (non-hydrogen) atoms. The molecule has 0 fully saturated rings. The van der Waals surface area contributed by atoms with E-state index >= 15 is 0 Å². The molecule has 2 aromatic rings. The molecule has 0 saturated carbocycles. The third-order valence-electron chi connectivity index (χ3n) is 2.32. The molecule has 1 N–H and O–H groups in total. The molecule has 1 unspecified atom stereocenters. The van der Waals surface area contributed by atoms with Crippen LogP contribution in [0.4, 0.5) is 0 Å². The first kappa shape index (κ1) is 8.70. The summed E-state index contributed by atoms with van der Waals surface area (Å²) in [6.07, 6.45) is 0. The molecule has 3 aliphatic rings. The van der Waals surface area contributed by atoms with Crippen molar-refractivity contribution in [3.8, 4) is 0 Å². The molecule has 0 aromatic carbocycles. The standard InChI is InChI=1S/C5HN4O7P/c10-3-1-2-6-4(11)7(1)14-17(13)15-8(2)5(12)9(3)16-17/h(H,6,11). The Balaban J connectivity index is 2.49. The van der Waals surface area contributed by atoms with E-state index in [9.17, 15) is 18.9 Å². The Morgan fingerprint density at radius 2 is 1.65 bits per heavy atom. The number of aromatic amines is 1. The van der Waals surface area contributed by atoms with E-state index < -0.39 is 24.8 Å². The molecule has 0 radical (unpaired) electrons. The van der Waals surface area contributed by atoms with Gasteiger partial charge in [0.25, 0.3) is 0 Å². The lowest BCUT2D eigenvalue weighted by atomic mass is 10.5. The van der Waals surface area contributed by atoms with Crippen LogP contribution in [0.25, 0.3) is 11.2 Å². The number of rotatable bonds is 0. The Labute approximate surface area is 88.8 Å². The number of nitrogens with zero attached hydrogens (tertiary/aromatic N) is 3. The second kappa shape index (κ2) is 2.15. The van der Waals surface area contributed by atoms with Gasteiger partial charge in [0.05, 0.1) is 0 Å². The van der Waals surface area contributed by atoms with Crippen LogP contribution in [0.1, 0.15) is 0 Å². The normalized spacial score (nSPS) is 23.5. The molecule has 11 nitrogen and oxygen atoms in total. The number of imidazole rings is 1. The van der Waals surface area contributed by atoms with Gasteiger partial charge in [-0.2, -0.15) is 4.57 Å². The summed E-state index contributed by atoms with van der Waals surface area (Å²) in [4.78, 5) is 36.9. The lowest BCUT2D eigenvalue weighted by Crippen LogP contribution is -2.49. The van der Waals surface area contributed by atoms with Crippen molar-refractivity contribution in [2.75, 3.05) is 0 Å². The Morgan fingerprint density at radius 1 is 1.00 bits per heavy atom. The minimum Gasteiger partial charge on any atom is -0.286 e. The van der Waals surface area contributed by atoms with Crippen LogP contribution in [0, 0.1) is 0 Å². The first-order chi connectivity index (χ1) is 8.00. The highest BCUT2D eigenvalue weighted by atomic mass is 31.2. The smallest absolute Gasteiger partial charge is 0.286 e. The summed E-state index contributed by atoms with van der Waals surface area (Å²) in [5.41, 5.74) is -3.39. The number of hydrogen-bond donors (Lipinski definition) is 1. The molecule has 5 heterocycles. The van der Waals surface area contributed by atoms with Crippen LogP contribution in [0.15, 0.2) is 14.4 Å². The fraction of sp³-hybridized carbons (Fsp3) is 0. The van der Waals surface area contributed by atoms with E-state index in [2.05, 4.69) is 18.9 Å². The predicted octanol–water partition coefficient (Wildman–Crippen LogP) is -2.93. The topological polar surface area (TPSA) is 127 Å². The number of hydrogen-bond acceptors (Lipinski definition) is 7. The fourth-order valence-corrected chi connectivity index (χ4v) is 2.82. The zero-order valence-electron chi connectivity index (χ0n) is 7.65. The van der Waals surface area contributed by atoms with Crippen LogP contribution < -0.4 is 30.8 Å². The second-order valence-corrected chi connectivity index (χ2v) is 4.67. The fourth-order valence-electron chi connectivity index (χ4n) is 1.68. The Morgan fingerprint density at radius 3 is 2.41 bits per heavy atom. The van der Waals surface area contributed by atoms with Crippen LogP contribution in [0.5, 0.6) is 0 Å². The molecule has 0 aliphatic carbocycles. The van der Waals surface area contributed by atoms with Gasteiger partial charge in [0, 0.05) is 0 Å². The molecule has 88 valence electrons. The van der Waals surface area contributed by atoms with Gasteiger partial charge in [0.15, 0.2) is 11.2 Å². The third kappa shape index (κ3) is 0.772. The van der Waals surface area contributed by atoms with E-state index in [1.165, 1.54) is 0 Å². The van der Waals surface area contributed by atoms with Crippen LogP contribution in [0.2, 0.25) is 0 Å². The van der Waals surface area contributed by atoms with Gasteiger partial charge in [-0.05, 0) is 0 Å². The van der Waals surface area contributed by atoms with Gasteiger partial charge in [-0.1, -0.05) is 9.46 Å².